The molecule has 1 amide bonds. The number of amides is 1. The molecule has 0 aliphatic carbocycles. The lowest BCUT2D eigenvalue weighted by molar-refractivity contribution is -0.135. The van der Waals surface area contributed by atoms with Gasteiger partial charge in [-0.05, 0) is 19.4 Å². The van der Waals surface area contributed by atoms with E-state index < -0.39 is 0 Å². The van der Waals surface area contributed by atoms with Gasteiger partial charge in [-0.2, -0.15) is 4.98 Å². The second-order valence-corrected chi connectivity index (χ2v) is 6.06. The van der Waals surface area contributed by atoms with Gasteiger partial charge in [0.05, 0.1) is 12.5 Å². The number of rotatable bonds is 8. The Balaban J connectivity index is 1.98. The third-order valence-electron chi connectivity index (χ3n) is 4.13. The average molecular weight is 346 g/mol. The molecule has 0 bridgehead atoms. The summed E-state index contributed by atoms with van der Waals surface area (Å²) in [4.78, 5) is 18.5. The minimum Gasteiger partial charge on any atom is -0.371 e. The quantitative estimate of drug-likeness (QED) is 0.789. The molecule has 3 atom stereocenters. The van der Waals surface area contributed by atoms with E-state index in [9.17, 15) is 4.79 Å². The number of hydrogen-bond acceptors (Lipinski definition) is 6. The standard InChI is InChI=1S/C18H26N4O3/c1-5-24-13(3)17-20-15(25-21-17)11-22(4)18(23)12(2)16(19)14-9-7-6-8-10-14/h6-10,12-13,16H,5,11,19H2,1-4H3. The van der Waals surface area contributed by atoms with Gasteiger partial charge in [-0.3, -0.25) is 4.79 Å². The van der Waals surface area contributed by atoms with E-state index >= 15 is 0 Å². The second-order valence-electron chi connectivity index (χ2n) is 6.06. The highest BCUT2D eigenvalue weighted by molar-refractivity contribution is 5.79. The van der Waals surface area contributed by atoms with Crippen molar-refractivity contribution in [2.45, 2.75) is 39.5 Å². The molecule has 25 heavy (non-hydrogen) atoms. The fraction of sp³-hybridized carbons (Fsp3) is 0.500. The van der Waals surface area contributed by atoms with Crippen LogP contribution < -0.4 is 5.73 Å². The van der Waals surface area contributed by atoms with Crippen LogP contribution in [0.3, 0.4) is 0 Å². The molecule has 0 saturated carbocycles. The normalized spacial score (nSPS) is 14.8. The summed E-state index contributed by atoms with van der Waals surface area (Å²) in [5, 5.41) is 3.90. The van der Waals surface area contributed by atoms with Gasteiger partial charge in [0.15, 0.2) is 5.82 Å². The third-order valence-corrected chi connectivity index (χ3v) is 4.13. The van der Waals surface area contributed by atoms with E-state index in [0.29, 0.717) is 18.3 Å². The van der Waals surface area contributed by atoms with Crippen molar-refractivity contribution < 1.29 is 14.1 Å². The van der Waals surface area contributed by atoms with E-state index in [2.05, 4.69) is 10.1 Å². The molecule has 1 aromatic heterocycles. The van der Waals surface area contributed by atoms with Crippen LogP contribution in [0, 0.1) is 5.92 Å². The molecule has 0 aliphatic rings. The lowest BCUT2D eigenvalue weighted by atomic mass is 9.94. The van der Waals surface area contributed by atoms with Crippen LogP contribution in [0.5, 0.6) is 0 Å². The van der Waals surface area contributed by atoms with E-state index in [1.807, 2.05) is 51.1 Å². The lowest BCUT2D eigenvalue weighted by Gasteiger charge is -2.24. The Labute approximate surface area is 148 Å². The largest absolute Gasteiger partial charge is 0.371 e. The molecule has 7 heteroatoms. The molecule has 2 aromatic rings. The van der Waals surface area contributed by atoms with E-state index in [1.54, 1.807) is 11.9 Å². The number of hydrogen-bond donors (Lipinski definition) is 1. The van der Waals surface area contributed by atoms with Gasteiger partial charge < -0.3 is 19.9 Å². The maximum absolute atomic E-state index is 12.6. The number of ether oxygens (including phenoxy) is 1. The zero-order valence-corrected chi connectivity index (χ0v) is 15.2. The van der Waals surface area contributed by atoms with E-state index in [4.69, 9.17) is 15.0 Å². The molecule has 0 aliphatic heterocycles. The molecule has 0 fully saturated rings. The number of carbonyl (C=O) groups excluding carboxylic acids is 1. The van der Waals surface area contributed by atoms with Crippen LogP contribution in [0.1, 0.15) is 50.2 Å². The van der Waals surface area contributed by atoms with Crippen molar-refractivity contribution in [3.8, 4) is 0 Å². The monoisotopic (exact) mass is 346 g/mol. The highest BCUT2D eigenvalue weighted by Crippen LogP contribution is 2.21. The first-order valence-corrected chi connectivity index (χ1v) is 8.43. The van der Waals surface area contributed by atoms with Crippen molar-refractivity contribution in [3.05, 3.63) is 47.6 Å². The summed E-state index contributed by atoms with van der Waals surface area (Å²) in [6.45, 7) is 6.39. The Bertz CT molecular complexity index is 674. The summed E-state index contributed by atoms with van der Waals surface area (Å²) in [6.07, 6.45) is -0.242. The summed E-state index contributed by atoms with van der Waals surface area (Å²) in [6, 6.07) is 9.23. The van der Waals surface area contributed by atoms with E-state index in [-0.39, 0.29) is 30.5 Å². The van der Waals surface area contributed by atoms with Gasteiger partial charge in [0, 0.05) is 19.7 Å². The number of aromatic nitrogens is 2. The Morgan fingerprint density at radius 1 is 1.32 bits per heavy atom. The van der Waals surface area contributed by atoms with Gasteiger partial charge in [0.1, 0.15) is 6.10 Å². The molecule has 136 valence electrons. The number of benzene rings is 1. The lowest BCUT2D eigenvalue weighted by Crippen LogP contribution is -2.36. The summed E-state index contributed by atoms with van der Waals surface area (Å²) >= 11 is 0. The van der Waals surface area contributed by atoms with Crippen molar-refractivity contribution in [2.75, 3.05) is 13.7 Å². The molecule has 2 N–H and O–H groups in total. The van der Waals surface area contributed by atoms with Crippen molar-refractivity contribution >= 4 is 5.91 Å². The minimum absolute atomic E-state index is 0.0750. The molecule has 3 unspecified atom stereocenters. The van der Waals surface area contributed by atoms with Crippen molar-refractivity contribution in [2.24, 2.45) is 11.7 Å². The first-order valence-electron chi connectivity index (χ1n) is 8.43. The Kier molecular flexibility index (Phi) is 6.66. The SMILES string of the molecule is CCOC(C)c1noc(CN(C)C(=O)C(C)C(N)c2ccccc2)n1. The van der Waals surface area contributed by atoms with Gasteiger partial charge >= 0.3 is 0 Å². The molecule has 0 spiro atoms. The number of nitrogens with zero attached hydrogens (tertiary/aromatic N) is 3. The van der Waals surface area contributed by atoms with Gasteiger partial charge in [-0.1, -0.05) is 42.4 Å². The molecular weight excluding hydrogens is 320 g/mol. The first-order chi connectivity index (χ1) is 11.9. The summed E-state index contributed by atoms with van der Waals surface area (Å²) < 4.78 is 10.6. The van der Waals surface area contributed by atoms with Crippen molar-refractivity contribution in [3.63, 3.8) is 0 Å². The van der Waals surface area contributed by atoms with Crippen molar-refractivity contribution in [1.29, 1.82) is 0 Å². The van der Waals surface area contributed by atoms with E-state index in [1.165, 1.54) is 0 Å². The van der Waals surface area contributed by atoms with Gasteiger partial charge in [-0.25, -0.2) is 0 Å². The Morgan fingerprint density at radius 2 is 2.00 bits per heavy atom. The number of carbonyl (C=O) groups is 1. The van der Waals surface area contributed by atoms with Crippen LogP contribution in [0.25, 0.3) is 0 Å². The first kappa shape index (κ1) is 19.1. The highest BCUT2D eigenvalue weighted by atomic mass is 16.5. The van der Waals surface area contributed by atoms with Gasteiger partial charge in [-0.15, -0.1) is 0 Å². The third kappa shape index (κ3) is 4.87. The minimum atomic E-state index is -0.368. The number of nitrogens with two attached hydrogens (primary N) is 1. The van der Waals surface area contributed by atoms with Crippen LogP contribution in [0.2, 0.25) is 0 Å². The maximum atomic E-state index is 12.6. The van der Waals surface area contributed by atoms with Crippen LogP contribution in [-0.2, 0) is 16.1 Å². The van der Waals surface area contributed by atoms with Crippen LogP contribution >= 0.6 is 0 Å². The smallest absolute Gasteiger partial charge is 0.246 e. The molecule has 1 heterocycles. The molecule has 0 radical (unpaired) electrons. The van der Waals surface area contributed by atoms with Gasteiger partial charge in [0.2, 0.25) is 11.8 Å². The molecule has 0 saturated heterocycles. The Morgan fingerprint density at radius 3 is 2.64 bits per heavy atom. The molecule has 7 nitrogen and oxygen atoms in total. The van der Waals surface area contributed by atoms with Crippen LogP contribution in [0.15, 0.2) is 34.9 Å². The average Bonchev–Trinajstić information content (AvgIpc) is 3.09. The van der Waals surface area contributed by atoms with Gasteiger partial charge in [0.25, 0.3) is 0 Å². The molecule has 2 rings (SSSR count). The zero-order valence-electron chi connectivity index (χ0n) is 15.2. The van der Waals surface area contributed by atoms with Crippen LogP contribution in [0.4, 0.5) is 0 Å². The predicted octanol–water partition coefficient (Wildman–Crippen LogP) is 2.46. The Hall–Kier alpha value is -2.25. The van der Waals surface area contributed by atoms with Crippen molar-refractivity contribution in [1.82, 2.24) is 15.0 Å². The molecular formula is C18H26N4O3. The zero-order chi connectivity index (χ0) is 18.4. The topological polar surface area (TPSA) is 94.5 Å². The fourth-order valence-corrected chi connectivity index (χ4v) is 2.57. The summed E-state index contributed by atoms with van der Waals surface area (Å²) in [7, 11) is 1.70. The highest BCUT2D eigenvalue weighted by Gasteiger charge is 2.26. The maximum Gasteiger partial charge on any atom is 0.246 e. The fourth-order valence-electron chi connectivity index (χ4n) is 2.57. The summed E-state index contributed by atoms with van der Waals surface area (Å²) in [5.74, 6) is 0.413. The molecule has 1 aromatic carbocycles. The van der Waals surface area contributed by atoms with Crippen LogP contribution in [-0.4, -0.2) is 34.6 Å². The second kappa shape index (κ2) is 8.73. The summed E-state index contributed by atoms with van der Waals surface area (Å²) in [5.41, 5.74) is 7.17. The predicted molar refractivity (Wildman–Crippen MR) is 93.3 cm³/mol. The van der Waals surface area contributed by atoms with E-state index in [0.717, 1.165) is 5.56 Å².